The van der Waals surface area contributed by atoms with Crippen LogP contribution in [0.5, 0.6) is 5.75 Å². The van der Waals surface area contributed by atoms with Crippen LogP contribution in [0.3, 0.4) is 0 Å². The minimum Gasteiger partial charge on any atom is -0.484 e. The van der Waals surface area contributed by atoms with Gasteiger partial charge in [0.05, 0.1) is 10.0 Å². The van der Waals surface area contributed by atoms with Crippen LogP contribution in [0.25, 0.3) is 0 Å². The highest BCUT2D eigenvalue weighted by Gasteiger charge is 2.38. The molecule has 10 heteroatoms. The third-order valence-corrected chi connectivity index (χ3v) is 5.17. The van der Waals surface area contributed by atoms with Crippen molar-refractivity contribution >= 4 is 35.0 Å². The Morgan fingerprint density at radius 1 is 1.24 bits per heavy atom. The molecule has 1 aromatic carbocycles. The van der Waals surface area contributed by atoms with Gasteiger partial charge < -0.3 is 15.4 Å². The lowest BCUT2D eigenvalue weighted by Crippen LogP contribution is -2.51. The molecule has 2 unspecified atom stereocenters. The molecule has 2 aliphatic rings. The first-order valence-corrected chi connectivity index (χ1v) is 10.1. The van der Waals surface area contributed by atoms with Crippen molar-refractivity contribution in [3.8, 4) is 5.75 Å². The predicted molar refractivity (Wildman–Crippen MR) is 107 cm³/mol. The van der Waals surface area contributed by atoms with E-state index in [9.17, 15) is 9.59 Å². The molecule has 29 heavy (non-hydrogen) atoms. The molecular formula is C19H23Cl2N3O5. The Labute approximate surface area is 178 Å². The van der Waals surface area contributed by atoms with Crippen molar-refractivity contribution in [3.05, 3.63) is 40.5 Å². The van der Waals surface area contributed by atoms with E-state index in [0.29, 0.717) is 46.9 Å². The van der Waals surface area contributed by atoms with E-state index in [1.54, 1.807) is 12.1 Å². The standard InChI is InChI=1S/C19H23Cl2N3O5/c1-11(24-18(26)16-9-23-19(29-28-16)12-2-3-12)6-7-22-17(25)10-27-13-4-5-14(20)15(21)8-13/h4-5,8,12,16,19,23H,1-3,6-7,9-10H2,(H,22,25)(H,24,26). The van der Waals surface area contributed by atoms with Gasteiger partial charge in [-0.05, 0) is 25.0 Å². The van der Waals surface area contributed by atoms with Crippen molar-refractivity contribution in [2.24, 2.45) is 5.92 Å². The third-order valence-electron chi connectivity index (χ3n) is 4.43. The normalized spacial score (nSPS) is 21.3. The smallest absolute Gasteiger partial charge is 0.257 e. The van der Waals surface area contributed by atoms with Crippen LogP contribution in [-0.4, -0.2) is 43.8 Å². The monoisotopic (exact) mass is 443 g/mol. The maximum Gasteiger partial charge on any atom is 0.257 e. The average Bonchev–Trinajstić information content (AvgIpc) is 3.54. The summed E-state index contributed by atoms with van der Waals surface area (Å²) in [6.45, 7) is 4.30. The Bertz CT molecular complexity index is 764. The molecule has 1 aromatic rings. The van der Waals surface area contributed by atoms with Crippen LogP contribution in [0.4, 0.5) is 0 Å². The van der Waals surface area contributed by atoms with Gasteiger partial charge in [0.2, 0.25) is 0 Å². The van der Waals surface area contributed by atoms with Crippen LogP contribution in [0.1, 0.15) is 19.3 Å². The number of rotatable bonds is 9. The number of ether oxygens (including phenoxy) is 1. The molecule has 0 aromatic heterocycles. The summed E-state index contributed by atoms with van der Waals surface area (Å²) in [7, 11) is 0. The number of nitrogens with one attached hydrogen (secondary N) is 3. The van der Waals surface area contributed by atoms with Crippen LogP contribution in [0, 0.1) is 5.92 Å². The summed E-state index contributed by atoms with van der Waals surface area (Å²) >= 11 is 11.7. The maximum atomic E-state index is 12.2. The molecule has 158 valence electrons. The van der Waals surface area contributed by atoms with Crippen molar-refractivity contribution in [2.45, 2.75) is 31.6 Å². The highest BCUT2D eigenvalue weighted by atomic mass is 35.5. The van der Waals surface area contributed by atoms with Crippen LogP contribution in [0.15, 0.2) is 30.5 Å². The van der Waals surface area contributed by atoms with Crippen LogP contribution in [-0.2, 0) is 19.4 Å². The number of amides is 2. The second-order valence-electron chi connectivity index (χ2n) is 6.90. The molecule has 3 N–H and O–H groups in total. The molecule has 1 aliphatic carbocycles. The largest absolute Gasteiger partial charge is 0.484 e. The van der Waals surface area contributed by atoms with Crippen molar-refractivity contribution in [1.29, 1.82) is 0 Å². The number of benzene rings is 1. The number of carbonyl (C=O) groups excluding carboxylic acids is 2. The molecule has 1 aliphatic heterocycles. The van der Waals surface area contributed by atoms with E-state index in [4.69, 9.17) is 37.7 Å². The van der Waals surface area contributed by atoms with E-state index in [2.05, 4.69) is 22.5 Å². The Hall–Kier alpha value is -1.84. The molecule has 8 nitrogen and oxygen atoms in total. The van der Waals surface area contributed by atoms with Gasteiger partial charge in [-0.3, -0.25) is 14.9 Å². The van der Waals surface area contributed by atoms with Gasteiger partial charge >= 0.3 is 0 Å². The van der Waals surface area contributed by atoms with Gasteiger partial charge in [-0.2, -0.15) is 0 Å². The fourth-order valence-corrected chi connectivity index (χ4v) is 2.92. The number of hydrogen-bond donors (Lipinski definition) is 3. The lowest BCUT2D eigenvalue weighted by atomic mass is 10.2. The van der Waals surface area contributed by atoms with Crippen molar-refractivity contribution in [2.75, 3.05) is 19.7 Å². The second kappa shape index (κ2) is 10.3. The number of halogens is 2. The maximum absolute atomic E-state index is 12.2. The van der Waals surface area contributed by atoms with Crippen molar-refractivity contribution in [3.63, 3.8) is 0 Å². The minimum absolute atomic E-state index is 0.136. The lowest BCUT2D eigenvalue weighted by Gasteiger charge is -2.28. The summed E-state index contributed by atoms with van der Waals surface area (Å²) in [5.41, 5.74) is 0.466. The average molecular weight is 444 g/mol. The first kappa shape index (κ1) is 21.9. The highest BCUT2D eigenvalue weighted by molar-refractivity contribution is 6.42. The Kier molecular flexibility index (Phi) is 7.74. The predicted octanol–water partition coefficient (Wildman–Crippen LogP) is 2.16. The Balaban J connectivity index is 1.28. The van der Waals surface area contributed by atoms with Crippen LogP contribution >= 0.6 is 23.2 Å². The molecule has 0 spiro atoms. The van der Waals surface area contributed by atoms with E-state index in [-0.39, 0.29) is 24.6 Å². The van der Waals surface area contributed by atoms with E-state index in [0.717, 1.165) is 12.8 Å². The Morgan fingerprint density at radius 3 is 2.69 bits per heavy atom. The van der Waals surface area contributed by atoms with E-state index in [1.165, 1.54) is 6.07 Å². The highest BCUT2D eigenvalue weighted by Crippen LogP contribution is 2.34. The SMILES string of the molecule is C=C(CCNC(=O)COc1ccc(Cl)c(Cl)c1)NC(=O)C1CNC(C2CC2)OO1. The molecule has 2 amide bonds. The first-order valence-electron chi connectivity index (χ1n) is 9.31. The molecule has 1 heterocycles. The topological polar surface area (TPSA) is 97.9 Å². The lowest BCUT2D eigenvalue weighted by molar-refractivity contribution is -0.371. The summed E-state index contributed by atoms with van der Waals surface area (Å²) in [6.07, 6.45) is 1.72. The zero-order chi connectivity index (χ0) is 20.8. The van der Waals surface area contributed by atoms with Gasteiger partial charge in [-0.15, -0.1) is 0 Å². The zero-order valence-corrected chi connectivity index (χ0v) is 17.2. The molecular weight excluding hydrogens is 421 g/mol. The Morgan fingerprint density at radius 2 is 2.03 bits per heavy atom. The molecule has 2 fully saturated rings. The number of carbonyl (C=O) groups is 2. The molecule has 0 radical (unpaired) electrons. The van der Waals surface area contributed by atoms with Gasteiger partial charge in [-0.25, -0.2) is 9.78 Å². The summed E-state index contributed by atoms with van der Waals surface area (Å²) < 4.78 is 5.35. The van der Waals surface area contributed by atoms with E-state index >= 15 is 0 Å². The summed E-state index contributed by atoms with van der Waals surface area (Å²) in [5.74, 6) is 0.261. The molecule has 3 rings (SSSR count). The molecule has 2 atom stereocenters. The third kappa shape index (κ3) is 6.87. The molecule has 1 saturated heterocycles. The molecule has 1 saturated carbocycles. The summed E-state index contributed by atoms with van der Waals surface area (Å²) in [6, 6.07) is 4.75. The van der Waals surface area contributed by atoms with Gasteiger partial charge in [0, 0.05) is 37.2 Å². The summed E-state index contributed by atoms with van der Waals surface area (Å²) in [5, 5.41) is 9.26. The van der Waals surface area contributed by atoms with Crippen LogP contribution < -0.4 is 20.7 Å². The summed E-state index contributed by atoms with van der Waals surface area (Å²) in [4.78, 5) is 34.4. The van der Waals surface area contributed by atoms with Crippen molar-refractivity contribution in [1.82, 2.24) is 16.0 Å². The van der Waals surface area contributed by atoms with Gasteiger partial charge in [0.1, 0.15) is 12.0 Å². The van der Waals surface area contributed by atoms with Crippen molar-refractivity contribution < 1.29 is 24.1 Å². The zero-order valence-electron chi connectivity index (χ0n) is 15.7. The minimum atomic E-state index is -0.740. The van der Waals surface area contributed by atoms with E-state index in [1.807, 2.05) is 0 Å². The van der Waals surface area contributed by atoms with E-state index < -0.39 is 6.10 Å². The van der Waals surface area contributed by atoms with Gasteiger partial charge in [0.25, 0.3) is 11.8 Å². The second-order valence-corrected chi connectivity index (χ2v) is 7.72. The van der Waals surface area contributed by atoms with Crippen LogP contribution in [0.2, 0.25) is 10.0 Å². The fraction of sp³-hybridized carbons (Fsp3) is 0.474. The van der Waals surface area contributed by atoms with Gasteiger partial charge in [0.15, 0.2) is 12.7 Å². The number of hydrogen-bond acceptors (Lipinski definition) is 6. The molecule has 0 bridgehead atoms. The fourth-order valence-electron chi connectivity index (χ4n) is 2.64. The first-order chi connectivity index (χ1) is 13.9. The quantitative estimate of drug-likeness (QED) is 0.505. The van der Waals surface area contributed by atoms with Gasteiger partial charge in [-0.1, -0.05) is 29.8 Å².